The molecule has 5 nitrogen and oxygen atoms in total. The highest BCUT2D eigenvalue weighted by atomic mass is 15.2. The van der Waals surface area contributed by atoms with Crippen molar-refractivity contribution in [1.29, 1.82) is 0 Å². The van der Waals surface area contributed by atoms with Crippen LogP contribution in [0.1, 0.15) is 17.7 Å². The van der Waals surface area contributed by atoms with Crippen molar-refractivity contribution in [1.82, 2.24) is 25.3 Å². The van der Waals surface area contributed by atoms with E-state index in [1.807, 2.05) is 6.20 Å². The van der Waals surface area contributed by atoms with Gasteiger partial charge >= 0.3 is 0 Å². The molecule has 2 heterocycles. The Morgan fingerprint density at radius 3 is 2.78 bits per heavy atom. The molecule has 1 aliphatic heterocycles. The summed E-state index contributed by atoms with van der Waals surface area (Å²) >= 11 is 0. The maximum atomic E-state index is 4.02. The predicted molar refractivity (Wildman–Crippen MR) is 73.6 cm³/mol. The molecule has 5 heteroatoms. The van der Waals surface area contributed by atoms with Gasteiger partial charge in [0.2, 0.25) is 0 Å². The SMILES string of the molecule is Cc1[nH]ncc1CNCCCN1CCN(C)CC1. The van der Waals surface area contributed by atoms with Gasteiger partial charge in [0.15, 0.2) is 0 Å². The summed E-state index contributed by atoms with van der Waals surface area (Å²) < 4.78 is 0. The van der Waals surface area contributed by atoms with E-state index in [1.165, 1.54) is 50.4 Å². The van der Waals surface area contributed by atoms with Gasteiger partial charge in [0, 0.05) is 44.0 Å². The molecule has 102 valence electrons. The molecule has 0 spiro atoms. The molecule has 0 saturated carbocycles. The second-order valence-corrected chi connectivity index (χ2v) is 5.20. The van der Waals surface area contributed by atoms with Crippen molar-refractivity contribution in [2.75, 3.05) is 46.3 Å². The van der Waals surface area contributed by atoms with Gasteiger partial charge in [-0.1, -0.05) is 0 Å². The van der Waals surface area contributed by atoms with Crippen LogP contribution in [0.2, 0.25) is 0 Å². The Morgan fingerprint density at radius 2 is 2.11 bits per heavy atom. The summed E-state index contributed by atoms with van der Waals surface area (Å²) in [5, 5.41) is 10.5. The topological polar surface area (TPSA) is 47.2 Å². The minimum atomic E-state index is 0.922. The minimum absolute atomic E-state index is 0.922. The maximum absolute atomic E-state index is 4.02. The van der Waals surface area contributed by atoms with E-state index < -0.39 is 0 Å². The Bertz CT molecular complexity index is 341. The smallest absolute Gasteiger partial charge is 0.0535 e. The third-order valence-electron chi connectivity index (χ3n) is 3.67. The number of aromatic amines is 1. The maximum Gasteiger partial charge on any atom is 0.0535 e. The van der Waals surface area contributed by atoms with E-state index in [0.717, 1.165) is 13.1 Å². The van der Waals surface area contributed by atoms with Crippen LogP contribution in [0.3, 0.4) is 0 Å². The molecule has 1 saturated heterocycles. The summed E-state index contributed by atoms with van der Waals surface area (Å²) in [5.74, 6) is 0. The first-order chi connectivity index (χ1) is 8.75. The molecule has 1 fully saturated rings. The number of H-pyrrole nitrogens is 1. The standard InChI is InChI=1S/C13H25N5/c1-12-13(11-15-16-12)10-14-4-3-5-18-8-6-17(2)7-9-18/h11,14H,3-10H2,1-2H3,(H,15,16). The van der Waals surface area contributed by atoms with Gasteiger partial charge in [-0.05, 0) is 33.5 Å². The van der Waals surface area contributed by atoms with Crippen LogP contribution in [0.4, 0.5) is 0 Å². The van der Waals surface area contributed by atoms with Crippen molar-refractivity contribution in [2.24, 2.45) is 0 Å². The van der Waals surface area contributed by atoms with Crippen LogP contribution in [-0.2, 0) is 6.54 Å². The van der Waals surface area contributed by atoms with Gasteiger partial charge in [-0.2, -0.15) is 5.10 Å². The van der Waals surface area contributed by atoms with Crippen LogP contribution in [0, 0.1) is 6.92 Å². The van der Waals surface area contributed by atoms with Crippen molar-refractivity contribution in [3.05, 3.63) is 17.5 Å². The third kappa shape index (κ3) is 4.08. The van der Waals surface area contributed by atoms with Gasteiger partial charge < -0.3 is 15.1 Å². The Labute approximate surface area is 110 Å². The summed E-state index contributed by atoms with van der Waals surface area (Å²) in [5.41, 5.74) is 2.44. The summed E-state index contributed by atoms with van der Waals surface area (Å²) in [6, 6.07) is 0. The Hall–Kier alpha value is -0.910. The number of nitrogens with one attached hydrogen (secondary N) is 2. The summed E-state index contributed by atoms with van der Waals surface area (Å²) in [6.45, 7) is 10.1. The number of hydrogen-bond acceptors (Lipinski definition) is 4. The molecule has 0 aliphatic carbocycles. The first-order valence-electron chi connectivity index (χ1n) is 6.86. The van der Waals surface area contributed by atoms with Gasteiger partial charge in [0.05, 0.1) is 6.20 Å². The Kier molecular flexibility index (Phi) is 5.16. The lowest BCUT2D eigenvalue weighted by molar-refractivity contribution is 0.153. The highest BCUT2D eigenvalue weighted by Crippen LogP contribution is 2.02. The number of nitrogens with zero attached hydrogens (tertiary/aromatic N) is 3. The quantitative estimate of drug-likeness (QED) is 0.721. The average molecular weight is 251 g/mol. The van der Waals surface area contributed by atoms with Crippen LogP contribution in [0.5, 0.6) is 0 Å². The molecule has 0 atom stereocenters. The zero-order valence-corrected chi connectivity index (χ0v) is 11.6. The normalized spacial score (nSPS) is 18.3. The molecule has 1 aromatic heterocycles. The number of rotatable bonds is 6. The fraction of sp³-hybridized carbons (Fsp3) is 0.769. The molecule has 0 amide bonds. The Morgan fingerprint density at radius 1 is 1.33 bits per heavy atom. The van der Waals surface area contributed by atoms with E-state index in [0.29, 0.717) is 0 Å². The monoisotopic (exact) mass is 251 g/mol. The number of hydrogen-bond donors (Lipinski definition) is 2. The molecule has 1 aliphatic rings. The molecule has 2 rings (SSSR count). The molecule has 2 N–H and O–H groups in total. The molecule has 0 aromatic carbocycles. The lowest BCUT2D eigenvalue weighted by atomic mass is 10.2. The summed E-state index contributed by atoms with van der Waals surface area (Å²) in [6.07, 6.45) is 3.13. The van der Waals surface area contributed by atoms with E-state index in [1.54, 1.807) is 0 Å². The molecule has 0 unspecified atom stereocenters. The van der Waals surface area contributed by atoms with E-state index in [9.17, 15) is 0 Å². The van der Waals surface area contributed by atoms with Crippen LogP contribution in [0.15, 0.2) is 6.20 Å². The van der Waals surface area contributed by atoms with Gasteiger partial charge in [0.25, 0.3) is 0 Å². The third-order valence-corrected chi connectivity index (χ3v) is 3.67. The van der Waals surface area contributed by atoms with E-state index >= 15 is 0 Å². The largest absolute Gasteiger partial charge is 0.312 e. The number of piperazine rings is 1. The minimum Gasteiger partial charge on any atom is -0.312 e. The first-order valence-corrected chi connectivity index (χ1v) is 6.86. The molecular formula is C13H25N5. The number of aromatic nitrogens is 2. The molecule has 0 radical (unpaired) electrons. The lowest BCUT2D eigenvalue weighted by Crippen LogP contribution is -2.45. The highest BCUT2D eigenvalue weighted by molar-refractivity contribution is 5.13. The van der Waals surface area contributed by atoms with Crippen molar-refractivity contribution in [3.8, 4) is 0 Å². The first kappa shape index (κ1) is 13.5. The van der Waals surface area contributed by atoms with Crippen LogP contribution >= 0.6 is 0 Å². The summed E-state index contributed by atoms with van der Waals surface area (Å²) in [4.78, 5) is 4.96. The molecular weight excluding hydrogens is 226 g/mol. The van der Waals surface area contributed by atoms with Crippen molar-refractivity contribution < 1.29 is 0 Å². The van der Waals surface area contributed by atoms with Crippen LogP contribution in [-0.4, -0.2) is 66.3 Å². The van der Waals surface area contributed by atoms with Gasteiger partial charge in [-0.15, -0.1) is 0 Å². The number of likely N-dealkylation sites (N-methyl/N-ethyl adjacent to an activating group) is 1. The van der Waals surface area contributed by atoms with Crippen molar-refractivity contribution >= 4 is 0 Å². The zero-order valence-electron chi connectivity index (χ0n) is 11.6. The van der Waals surface area contributed by atoms with Gasteiger partial charge in [-0.25, -0.2) is 0 Å². The molecule has 18 heavy (non-hydrogen) atoms. The van der Waals surface area contributed by atoms with Crippen LogP contribution < -0.4 is 5.32 Å². The Balaban J connectivity index is 1.53. The van der Waals surface area contributed by atoms with Crippen molar-refractivity contribution in [3.63, 3.8) is 0 Å². The van der Waals surface area contributed by atoms with E-state index in [4.69, 9.17) is 0 Å². The second kappa shape index (κ2) is 6.87. The fourth-order valence-corrected chi connectivity index (χ4v) is 2.28. The van der Waals surface area contributed by atoms with Gasteiger partial charge in [-0.3, -0.25) is 5.10 Å². The van der Waals surface area contributed by atoms with E-state index in [-0.39, 0.29) is 0 Å². The summed E-state index contributed by atoms with van der Waals surface area (Å²) in [7, 11) is 2.20. The highest BCUT2D eigenvalue weighted by Gasteiger charge is 2.12. The second-order valence-electron chi connectivity index (χ2n) is 5.20. The fourth-order valence-electron chi connectivity index (χ4n) is 2.28. The van der Waals surface area contributed by atoms with Gasteiger partial charge in [0.1, 0.15) is 0 Å². The predicted octanol–water partition coefficient (Wildman–Crippen LogP) is 0.445. The van der Waals surface area contributed by atoms with Crippen LogP contribution in [0.25, 0.3) is 0 Å². The van der Waals surface area contributed by atoms with E-state index in [2.05, 4.69) is 39.3 Å². The van der Waals surface area contributed by atoms with Crippen molar-refractivity contribution in [2.45, 2.75) is 19.9 Å². The zero-order chi connectivity index (χ0) is 12.8. The number of aryl methyl sites for hydroxylation is 1. The molecule has 1 aromatic rings. The lowest BCUT2D eigenvalue weighted by Gasteiger charge is -2.32. The average Bonchev–Trinajstić information content (AvgIpc) is 2.77. The molecule has 0 bridgehead atoms.